The lowest BCUT2D eigenvalue weighted by Gasteiger charge is -2.02. The maximum absolute atomic E-state index is 9.00. The number of carboxylic acids is 1. The predicted molar refractivity (Wildman–Crippen MR) is 59.7 cm³/mol. The molecule has 3 heteroatoms. The van der Waals surface area contributed by atoms with Crippen LogP contribution in [0.5, 0.6) is 0 Å². The number of benzene rings is 1. The third-order valence-corrected chi connectivity index (χ3v) is 2.53. The van der Waals surface area contributed by atoms with Crippen LogP contribution in [0.4, 0.5) is 0 Å². The lowest BCUT2D eigenvalue weighted by molar-refractivity contribution is -0.134. The zero-order chi connectivity index (χ0) is 11.4. The number of rotatable bonds is 0. The second-order valence-corrected chi connectivity index (χ2v) is 3.89. The Morgan fingerprint density at radius 2 is 1.87 bits per heavy atom. The molecule has 0 heterocycles. The van der Waals surface area contributed by atoms with Crippen LogP contribution in [0.1, 0.15) is 43.4 Å². The minimum absolute atomic E-state index is 0.279. The number of nitrogens with two attached hydrogens (primary N) is 1. The molecule has 3 nitrogen and oxygen atoms in total. The lowest BCUT2D eigenvalue weighted by atomic mass is 10.0. The van der Waals surface area contributed by atoms with E-state index >= 15 is 0 Å². The fourth-order valence-corrected chi connectivity index (χ4v) is 1.93. The van der Waals surface area contributed by atoms with Crippen molar-refractivity contribution in [1.29, 1.82) is 0 Å². The highest BCUT2D eigenvalue weighted by atomic mass is 16.4. The highest BCUT2D eigenvalue weighted by Gasteiger charge is 2.24. The van der Waals surface area contributed by atoms with Gasteiger partial charge in [-0.1, -0.05) is 31.2 Å². The summed E-state index contributed by atoms with van der Waals surface area (Å²) in [6.07, 6.45) is 1.11. The SMILES string of the molecule is CC(=O)O.CC1CC(N)c2ccccc21. The van der Waals surface area contributed by atoms with Crippen molar-refractivity contribution in [3.63, 3.8) is 0 Å². The Morgan fingerprint density at radius 3 is 2.33 bits per heavy atom. The molecule has 0 spiro atoms. The van der Waals surface area contributed by atoms with Gasteiger partial charge in [-0.25, -0.2) is 0 Å². The van der Waals surface area contributed by atoms with Crippen molar-refractivity contribution in [2.75, 3.05) is 0 Å². The summed E-state index contributed by atoms with van der Waals surface area (Å²) in [5.74, 6) is -0.179. The number of hydrogen-bond donors (Lipinski definition) is 2. The van der Waals surface area contributed by atoms with Gasteiger partial charge in [-0.3, -0.25) is 4.79 Å². The minimum atomic E-state index is -0.833. The summed E-state index contributed by atoms with van der Waals surface area (Å²) in [6, 6.07) is 8.77. The normalized spacial score (nSPS) is 22.6. The summed E-state index contributed by atoms with van der Waals surface area (Å²) >= 11 is 0. The van der Waals surface area contributed by atoms with Crippen LogP contribution in [0, 0.1) is 0 Å². The lowest BCUT2D eigenvalue weighted by Crippen LogP contribution is -2.04. The van der Waals surface area contributed by atoms with Crippen molar-refractivity contribution in [3.05, 3.63) is 35.4 Å². The van der Waals surface area contributed by atoms with Gasteiger partial charge in [0.05, 0.1) is 0 Å². The summed E-state index contributed by atoms with van der Waals surface area (Å²) in [5.41, 5.74) is 8.73. The van der Waals surface area contributed by atoms with E-state index in [2.05, 4.69) is 31.2 Å². The Kier molecular flexibility index (Phi) is 3.86. The second-order valence-electron chi connectivity index (χ2n) is 3.89. The van der Waals surface area contributed by atoms with Gasteiger partial charge in [-0.15, -0.1) is 0 Å². The first kappa shape index (κ1) is 11.7. The molecule has 0 amide bonds. The first-order chi connectivity index (χ1) is 7.02. The van der Waals surface area contributed by atoms with Gasteiger partial charge in [-0.05, 0) is 23.5 Å². The van der Waals surface area contributed by atoms with Crippen LogP contribution in [-0.4, -0.2) is 11.1 Å². The summed E-state index contributed by atoms with van der Waals surface area (Å²) in [4.78, 5) is 9.00. The summed E-state index contributed by atoms with van der Waals surface area (Å²) in [6.45, 7) is 3.33. The molecule has 2 unspecified atom stereocenters. The number of fused-ring (bicyclic) bond motifs is 1. The van der Waals surface area contributed by atoms with E-state index in [-0.39, 0.29) is 6.04 Å². The zero-order valence-electron chi connectivity index (χ0n) is 9.10. The minimum Gasteiger partial charge on any atom is -0.481 e. The molecule has 0 saturated carbocycles. The fraction of sp³-hybridized carbons (Fsp3) is 0.417. The van der Waals surface area contributed by atoms with Crippen molar-refractivity contribution < 1.29 is 9.90 Å². The Labute approximate surface area is 89.9 Å². The van der Waals surface area contributed by atoms with Gasteiger partial charge in [0.1, 0.15) is 0 Å². The topological polar surface area (TPSA) is 63.3 Å². The third kappa shape index (κ3) is 3.06. The van der Waals surface area contributed by atoms with Gasteiger partial charge in [0.25, 0.3) is 5.97 Å². The Hall–Kier alpha value is -1.35. The van der Waals surface area contributed by atoms with Crippen molar-refractivity contribution >= 4 is 5.97 Å². The van der Waals surface area contributed by atoms with E-state index in [1.807, 2.05) is 0 Å². The number of aliphatic carboxylic acids is 1. The molecule has 1 aromatic rings. The summed E-state index contributed by atoms with van der Waals surface area (Å²) in [5, 5.41) is 7.42. The number of hydrogen-bond acceptors (Lipinski definition) is 2. The molecule has 0 radical (unpaired) electrons. The maximum atomic E-state index is 9.00. The molecule has 0 aliphatic heterocycles. The molecular formula is C12H17NO2. The van der Waals surface area contributed by atoms with E-state index in [4.69, 9.17) is 15.6 Å². The molecule has 2 rings (SSSR count). The molecule has 15 heavy (non-hydrogen) atoms. The molecule has 0 saturated heterocycles. The Balaban J connectivity index is 0.000000245. The standard InChI is InChI=1S/C10H13N.C2H4O2/c1-7-6-10(11)9-5-3-2-4-8(7)9;1-2(3)4/h2-5,7,10H,6,11H2,1H3;1H3,(H,3,4). The van der Waals surface area contributed by atoms with Crippen LogP contribution >= 0.6 is 0 Å². The van der Waals surface area contributed by atoms with Gasteiger partial charge >= 0.3 is 0 Å². The zero-order valence-corrected chi connectivity index (χ0v) is 9.10. The second kappa shape index (κ2) is 4.94. The molecule has 0 fully saturated rings. The molecule has 1 aromatic carbocycles. The molecule has 0 bridgehead atoms. The van der Waals surface area contributed by atoms with E-state index in [0.29, 0.717) is 5.92 Å². The monoisotopic (exact) mass is 207 g/mol. The molecule has 1 aliphatic rings. The van der Waals surface area contributed by atoms with Crippen molar-refractivity contribution in [1.82, 2.24) is 0 Å². The number of carbonyl (C=O) groups is 1. The largest absolute Gasteiger partial charge is 0.481 e. The van der Waals surface area contributed by atoms with Crippen LogP contribution in [-0.2, 0) is 4.79 Å². The summed E-state index contributed by atoms with van der Waals surface area (Å²) < 4.78 is 0. The van der Waals surface area contributed by atoms with Crippen LogP contribution in [0.15, 0.2) is 24.3 Å². The van der Waals surface area contributed by atoms with E-state index in [1.165, 1.54) is 11.1 Å². The van der Waals surface area contributed by atoms with Crippen LogP contribution in [0.25, 0.3) is 0 Å². The molecular weight excluding hydrogens is 190 g/mol. The van der Waals surface area contributed by atoms with Crippen LogP contribution < -0.4 is 5.73 Å². The van der Waals surface area contributed by atoms with Gasteiger partial charge in [0.15, 0.2) is 0 Å². The quantitative estimate of drug-likeness (QED) is 0.686. The van der Waals surface area contributed by atoms with Crippen molar-refractivity contribution in [2.45, 2.75) is 32.2 Å². The first-order valence-electron chi connectivity index (χ1n) is 5.06. The van der Waals surface area contributed by atoms with E-state index in [0.717, 1.165) is 13.3 Å². The molecule has 1 aliphatic carbocycles. The maximum Gasteiger partial charge on any atom is 0.300 e. The molecule has 82 valence electrons. The number of carboxylic acid groups (broad SMARTS) is 1. The molecule has 3 N–H and O–H groups in total. The summed E-state index contributed by atoms with van der Waals surface area (Å²) in [7, 11) is 0. The highest BCUT2D eigenvalue weighted by Crippen LogP contribution is 2.37. The van der Waals surface area contributed by atoms with E-state index < -0.39 is 5.97 Å². The third-order valence-electron chi connectivity index (χ3n) is 2.53. The smallest absolute Gasteiger partial charge is 0.300 e. The van der Waals surface area contributed by atoms with Gasteiger partial charge in [0.2, 0.25) is 0 Å². The molecule has 2 atom stereocenters. The van der Waals surface area contributed by atoms with Gasteiger partial charge in [-0.2, -0.15) is 0 Å². The van der Waals surface area contributed by atoms with Crippen molar-refractivity contribution in [3.8, 4) is 0 Å². The van der Waals surface area contributed by atoms with E-state index in [1.54, 1.807) is 0 Å². The average Bonchev–Trinajstić information content (AvgIpc) is 2.43. The van der Waals surface area contributed by atoms with E-state index in [9.17, 15) is 0 Å². The predicted octanol–water partition coefficient (Wildman–Crippen LogP) is 2.28. The molecule has 0 aromatic heterocycles. The first-order valence-corrected chi connectivity index (χ1v) is 5.06. The van der Waals surface area contributed by atoms with Crippen LogP contribution in [0.3, 0.4) is 0 Å². The fourth-order valence-electron chi connectivity index (χ4n) is 1.93. The average molecular weight is 207 g/mol. The van der Waals surface area contributed by atoms with Crippen LogP contribution in [0.2, 0.25) is 0 Å². The highest BCUT2D eigenvalue weighted by molar-refractivity contribution is 5.62. The Bertz CT molecular complexity index is 318. The van der Waals surface area contributed by atoms with Gasteiger partial charge in [0, 0.05) is 13.0 Å². The van der Waals surface area contributed by atoms with Crippen molar-refractivity contribution in [2.24, 2.45) is 5.73 Å². The Morgan fingerprint density at radius 1 is 1.40 bits per heavy atom. The van der Waals surface area contributed by atoms with Gasteiger partial charge < -0.3 is 10.8 Å².